The molecule has 0 heterocycles. The van der Waals surface area contributed by atoms with Gasteiger partial charge in [-0.1, -0.05) is 13.3 Å². The van der Waals surface area contributed by atoms with E-state index in [1.165, 1.54) is 12.1 Å². The zero-order valence-corrected chi connectivity index (χ0v) is 9.59. The van der Waals surface area contributed by atoms with Crippen molar-refractivity contribution >= 4 is 0 Å². The Bertz CT molecular complexity index is 305. The molecule has 0 aliphatic heterocycles. The Labute approximate surface area is 94.6 Å². The highest BCUT2D eigenvalue weighted by atomic mass is 19.1. The number of hydrogen-bond donors (Lipinski definition) is 1. The molecule has 1 rings (SSSR count). The van der Waals surface area contributed by atoms with Gasteiger partial charge in [0.1, 0.15) is 23.5 Å². The van der Waals surface area contributed by atoms with Crippen LogP contribution in [0.4, 0.5) is 8.78 Å². The average molecular weight is 229 g/mol. The van der Waals surface area contributed by atoms with Gasteiger partial charge in [0, 0.05) is 24.7 Å². The van der Waals surface area contributed by atoms with E-state index in [-0.39, 0.29) is 11.9 Å². The van der Waals surface area contributed by atoms with Crippen LogP contribution >= 0.6 is 0 Å². The molecule has 0 aromatic heterocycles. The highest BCUT2D eigenvalue weighted by Crippen LogP contribution is 2.17. The van der Waals surface area contributed by atoms with Gasteiger partial charge < -0.3 is 10.1 Å². The van der Waals surface area contributed by atoms with E-state index < -0.39 is 11.6 Å². The molecule has 0 radical (unpaired) electrons. The third-order valence-electron chi connectivity index (χ3n) is 2.18. The molecule has 0 spiro atoms. The molecule has 0 saturated carbocycles. The van der Waals surface area contributed by atoms with Crippen molar-refractivity contribution in [1.82, 2.24) is 5.32 Å². The van der Waals surface area contributed by atoms with Gasteiger partial charge in [0.15, 0.2) is 0 Å². The van der Waals surface area contributed by atoms with E-state index in [4.69, 9.17) is 4.74 Å². The van der Waals surface area contributed by atoms with Gasteiger partial charge in [-0.2, -0.15) is 0 Å². The summed E-state index contributed by atoms with van der Waals surface area (Å²) >= 11 is 0. The summed E-state index contributed by atoms with van der Waals surface area (Å²) in [6.07, 6.45) is 1.75. The normalized spacial score (nSPS) is 12.5. The molecule has 4 heteroatoms. The second-order valence-electron chi connectivity index (χ2n) is 3.69. The molecule has 1 atom stereocenters. The monoisotopic (exact) mass is 229 g/mol. The van der Waals surface area contributed by atoms with Gasteiger partial charge in [-0.3, -0.25) is 0 Å². The Morgan fingerprint density at radius 2 is 1.88 bits per heavy atom. The zero-order chi connectivity index (χ0) is 12.0. The Morgan fingerprint density at radius 1 is 1.25 bits per heavy atom. The van der Waals surface area contributed by atoms with E-state index in [2.05, 4.69) is 5.32 Å². The van der Waals surface area contributed by atoms with Crippen molar-refractivity contribution in [1.29, 1.82) is 0 Å². The highest BCUT2D eigenvalue weighted by Gasteiger charge is 2.10. The predicted molar refractivity (Wildman–Crippen MR) is 59.6 cm³/mol. The number of ether oxygens (including phenoxy) is 1. The second-order valence-corrected chi connectivity index (χ2v) is 3.69. The molecule has 90 valence electrons. The van der Waals surface area contributed by atoms with E-state index in [1.807, 2.05) is 14.0 Å². The second kappa shape index (κ2) is 6.43. The number of benzene rings is 1. The minimum absolute atomic E-state index is 0.0591. The van der Waals surface area contributed by atoms with Crippen molar-refractivity contribution in [3.05, 3.63) is 29.8 Å². The van der Waals surface area contributed by atoms with Gasteiger partial charge in [-0.05, 0) is 13.5 Å². The molecule has 2 nitrogen and oxygen atoms in total. The van der Waals surface area contributed by atoms with Crippen LogP contribution in [0.15, 0.2) is 18.2 Å². The molecule has 1 aromatic rings. The lowest BCUT2D eigenvalue weighted by molar-refractivity contribution is 0.188. The third-order valence-corrected chi connectivity index (χ3v) is 2.18. The molecular weight excluding hydrogens is 212 g/mol. The van der Waals surface area contributed by atoms with Crippen LogP contribution in [0.3, 0.4) is 0 Å². The first-order chi connectivity index (χ1) is 7.65. The lowest BCUT2D eigenvalue weighted by Gasteiger charge is -2.18. The van der Waals surface area contributed by atoms with Crippen LogP contribution in [0, 0.1) is 11.6 Å². The smallest absolute Gasteiger partial charge is 0.129 e. The first-order valence-electron chi connectivity index (χ1n) is 5.43. The fourth-order valence-corrected chi connectivity index (χ4v) is 1.54. The maximum atomic E-state index is 12.9. The minimum Gasteiger partial charge on any atom is -0.489 e. The Hall–Kier alpha value is -1.16. The standard InChI is InChI=1S/C12H17F2NO/c1-3-4-11(8-15-2)16-12-6-9(13)5-10(14)7-12/h5-7,11,15H,3-4,8H2,1-2H3. The number of rotatable bonds is 6. The van der Waals surface area contributed by atoms with Crippen LogP contribution in [0.5, 0.6) is 5.75 Å². The maximum absolute atomic E-state index is 12.9. The first kappa shape index (κ1) is 12.9. The van der Waals surface area contributed by atoms with Crippen molar-refractivity contribution in [2.45, 2.75) is 25.9 Å². The largest absolute Gasteiger partial charge is 0.489 e. The third kappa shape index (κ3) is 4.14. The molecule has 0 aliphatic rings. The van der Waals surface area contributed by atoms with E-state index in [9.17, 15) is 8.78 Å². The number of halogens is 2. The van der Waals surface area contributed by atoms with Gasteiger partial charge in [-0.25, -0.2) is 8.78 Å². The lowest BCUT2D eigenvalue weighted by atomic mass is 10.2. The van der Waals surface area contributed by atoms with Crippen LogP contribution in [0.2, 0.25) is 0 Å². The van der Waals surface area contributed by atoms with E-state index in [0.29, 0.717) is 6.54 Å². The van der Waals surface area contributed by atoms with Gasteiger partial charge in [0.2, 0.25) is 0 Å². The van der Waals surface area contributed by atoms with Crippen LogP contribution in [0.25, 0.3) is 0 Å². The van der Waals surface area contributed by atoms with Crippen molar-refractivity contribution in [2.24, 2.45) is 0 Å². The Balaban J connectivity index is 2.68. The topological polar surface area (TPSA) is 21.3 Å². The zero-order valence-electron chi connectivity index (χ0n) is 9.59. The number of likely N-dealkylation sites (N-methyl/N-ethyl adjacent to an activating group) is 1. The maximum Gasteiger partial charge on any atom is 0.129 e. The van der Waals surface area contributed by atoms with Crippen molar-refractivity contribution in [3.63, 3.8) is 0 Å². The molecule has 1 unspecified atom stereocenters. The summed E-state index contributed by atoms with van der Waals surface area (Å²) in [5.41, 5.74) is 0. The summed E-state index contributed by atoms with van der Waals surface area (Å²) in [5, 5.41) is 2.99. The molecule has 0 aliphatic carbocycles. The number of nitrogens with one attached hydrogen (secondary N) is 1. The van der Waals surface area contributed by atoms with Crippen molar-refractivity contribution in [2.75, 3.05) is 13.6 Å². The highest BCUT2D eigenvalue weighted by molar-refractivity contribution is 5.24. The predicted octanol–water partition coefficient (Wildman–Crippen LogP) is 2.73. The van der Waals surface area contributed by atoms with E-state index >= 15 is 0 Å². The molecule has 0 fully saturated rings. The molecule has 0 bridgehead atoms. The lowest BCUT2D eigenvalue weighted by Crippen LogP contribution is -2.29. The summed E-state index contributed by atoms with van der Waals surface area (Å²) in [4.78, 5) is 0. The van der Waals surface area contributed by atoms with Crippen LogP contribution in [-0.4, -0.2) is 19.7 Å². The van der Waals surface area contributed by atoms with Crippen LogP contribution in [0.1, 0.15) is 19.8 Å². The average Bonchev–Trinajstić information content (AvgIpc) is 2.16. The van der Waals surface area contributed by atoms with Gasteiger partial charge in [0.05, 0.1) is 0 Å². The number of hydrogen-bond acceptors (Lipinski definition) is 2. The fraction of sp³-hybridized carbons (Fsp3) is 0.500. The minimum atomic E-state index is -0.616. The van der Waals surface area contributed by atoms with Crippen LogP contribution in [-0.2, 0) is 0 Å². The summed E-state index contributed by atoms with van der Waals surface area (Å²) < 4.78 is 31.3. The van der Waals surface area contributed by atoms with E-state index in [0.717, 1.165) is 18.9 Å². The molecular formula is C12H17F2NO. The molecule has 1 aromatic carbocycles. The van der Waals surface area contributed by atoms with Gasteiger partial charge >= 0.3 is 0 Å². The summed E-state index contributed by atoms with van der Waals surface area (Å²) in [5.74, 6) is -0.990. The van der Waals surface area contributed by atoms with Crippen molar-refractivity contribution < 1.29 is 13.5 Å². The summed E-state index contributed by atoms with van der Waals surface area (Å²) in [7, 11) is 1.82. The fourth-order valence-electron chi connectivity index (χ4n) is 1.54. The molecule has 16 heavy (non-hydrogen) atoms. The van der Waals surface area contributed by atoms with Crippen molar-refractivity contribution in [3.8, 4) is 5.75 Å². The quantitative estimate of drug-likeness (QED) is 0.809. The first-order valence-corrected chi connectivity index (χ1v) is 5.43. The summed E-state index contributed by atoms with van der Waals surface area (Å²) in [6.45, 7) is 2.70. The van der Waals surface area contributed by atoms with Gasteiger partial charge in [-0.15, -0.1) is 0 Å². The van der Waals surface area contributed by atoms with Gasteiger partial charge in [0.25, 0.3) is 0 Å². The molecule has 0 saturated heterocycles. The Kier molecular flexibility index (Phi) is 5.19. The van der Waals surface area contributed by atoms with E-state index in [1.54, 1.807) is 0 Å². The Morgan fingerprint density at radius 3 is 2.38 bits per heavy atom. The SMILES string of the molecule is CCCC(CNC)Oc1cc(F)cc(F)c1. The summed E-state index contributed by atoms with van der Waals surface area (Å²) in [6, 6.07) is 3.22. The molecule has 1 N–H and O–H groups in total. The molecule has 0 amide bonds. The van der Waals surface area contributed by atoms with Crippen LogP contribution < -0.4 is 10.1 Å².